The van der Waals surface area contributed by atoms with Gasteiger partial charge in [0.15, 0.2) is 0 Å². The normalized spacial score (nSPS) is 13.1. The molecule has 2 N–H and O–H groups in total. The van der Waals surface area contributed by atoms with Crippen LogP contribution in [0.2, 0.25) is 0 Å². The van der Waals surface area contributed by atoms with Gasteiger partial charge in [0.25, 0.3) is 0 Å². The number of benzene rings is 2. The van der Waals surface area contributed by atoms with Crippen molar-refractivity contribution in [1.82, 2.24) is 25.2 Å². The lowest BCUT2D eigenvalue weighted by molar-refractivity contribution is -0.114. The third-order valence-corrected chi connectivity index (χ3v) is 7.19. The highest BCUT2D eigenvalue weighted by Gasteiger charge is 2.22. The number of rotatable bonds is 14. The molecule has 0 fully saturated rings. The highest BCUT2D eigenvalue weighted by Crippen LogP contribution is 2.29. The topological polar surface area (TPSA) is 109 Å². The number of nitrogens with one attached hydrogen (secondary N) is 2. The summed E-state index contributed by atoms with van der Waals surface area (Å²) in [6.45, 7) is 2.99. The largest absolute Gasteiger partial charge is 0.489 e. The molecule has 0 bridgehead atoms. The van der Waals surface area contributed by atoms with Crippen molar-refractivity contribution in [1.29, 1.82) is 0 Å². The molecule has 11 heteroatoms. The van der Waals surface area contributed by atoms with Crippen LogP contribution in [0.3, 0.4) is 0 Å². The summed E-state index contributed by atoms with van der Waals surface area (Å²) in [5, 5.41) is 8.59. The molecule has 0 saturated carbocycles. The average molecular weight is 553 g/mol. The quantitative estimate of drug-likeness (QED) is 0.289. The number of hydrogen-bond donors (Lipinski definition) is 2. The summed E-state index contributed by atoms with van der Waals surface area (Å²) in [6, 6.07) is 17.8. The Labute approximate surface area is 230 Å². The molecule has 208 valence electrons. The number of anilines is 2. The van der Waals surface area contributed by atoms with Gasteiger partial charge in [-0.15, -0.1) is 0 Å². The molecule has 0 saturated heterocycles. The van der Waals surface area contributed by atoms with Crippen LogP contribution in [0.25, 0.3) is 6.08 Å². The van der Waals surface area contributed by atoms with E-state index in [1.165, 1.54) is 6.26 Å². The molecule has 0 aliphatic carbocycles. The van der Waals surface area contributed by atoms with Gasteiger partial charge in [-0.25, -0.2) is 23.4 Å². The number of sulfone groups is 1. The zero-order valence-corrected chi connectivity index (χ0v) is 23.4. The summed E-state index contributed by atoms with van der Waals surface area (Å²) in [5.41, 5.74) is 3.75. The molecule has 1 aliphatic heterocycles. The van der Waals surface area contributed by atoms with Gasteiger partial charge in [-0.1, -0.05) is 30.3 Å². The highest BCUT2D eigenvalue weighted by atomic mass is 32.2. The molecule has 0 unspecified atom stereocenters. The Morgan fingerprint density at radius 3 is 2.54 bits per heavy atom. The second kappa shape index (κ2) is 13.4. The molecule has 0 amide bonds. The molecule has 2 aromatic carbocycles. The van der Waals surface area contributed by atoms with E-state index in [4.69, 9.17) is 9.57 Å². The molecular weight excluding hydrogens is 516 g/mol. The molecule has 10 nitrogen and oxygen atoms in total. The van der Waals surface area contributed by atoms with Gasteiger partial charge in [-0.05, 0) is 55.9 Å². The minimum absolute atomic E-state index is 0.162. The number of ether oxygens (including phenoxy) is 1. The summed E-state index contributed by atoms with van der Waals surface area (Å²) in [7, 11) is 0.595. The zero-order chi connectivity index (χ0) is 27.7. The van der Waals surface area contributed by atoms with Gasteiger partial charge < -0.3 is 20.3 Å². The second-order valence-electron chi connectivity index (χ2n) is 9.47. The van der Waals surface area contributed by atoms with Crippen LogP contribution in [0.5, 0.6) is 5.75 Å². The predicted molar refractivity (Wildman–Crippen MR) is 153 cm³/mol. The summed E-state index contributed by atoms with van der Waals surface area (Å²) in [5.74, 6) is 2.47. The number of nitrogens with zero attached hydrogens (tertiary/aromatic N) is 4. The lowest BCUT2D eigenvalue weighted by atomic mass is 10.1. The Hall–Kier alpha value is -3.67. The van der Waals surface area contributed by atoms with Crippen LogP contribution < -0.4 is 15.4 Å². The lowest BCUT2D eigenvalue weighted by Gasteiger charge is -2.30. The maximum atomic E-state index is 11.4. The van der Waals surface area contributed by atoms with Gasteiger partial charge in [-0.3, -0.25) is 4.84 Å². The fourth-order valence-corrected chi connectivity index (χ4v) is 4.70. The number of hydroxylamine groups is 2. The van der Waals surface area contributed by atoms with Crippen molar-refractivity contribution >= 4 is 27.4 Å². The molecule has 0 atom stereocenters. The van der Waals surface area contributed by atoms with Gasteiger partial charge in [0.1, 0.15) is 40.2 Å². The zero-order valence-electron chi connectivity index (χ0n) is 22.6. The first-order chi connectivity index (χ1) is 18.8. The SMILES string of the molecule is CON1Cc2ncnc(Nc3ccc(OCc4ccccc4)cc3)c2C=C1NCCCN(C)CCS(C)(=O)=O. The molecule has 1 aliphatic rings. The van der Waals surface area contributed by atoms with Gasteiger partial charge in [0, 0.05) is 30.6 Å². The number of fused-ring (bicyclic) bond motifs is 1. The van der Waals surface area contributed by atoms with Crippen LogP contribution in [0.15, 0.2) is 66.7 Å². The fourth-order valence-electron chi connectivity index (χ4n) is 4.05. The first-order valence-corrected chi connectivity index (χ1v) is 14.9. The molecule has 3 aromatic rings. The summed E-state index contributed by atoms with van der Waals surface area (Å²) in [6.07, 6.45) is 5.63. The molecule has 0 radical (unpaired) electrons. The number of aromatic nitrogens is 2. The summed E-state index contributed by atoms with van der Waals surface area (Å²) < 4.78 is 28.7. The van der Waals surface area contributed by atoms with Gasteiger partial charge in [0.05, 0.1) is 25.1 Å². The van der Waals surface area contributed by atoms with E-state index in [-0.39, 0.29) is 5.75 Å². The fraction of sp³-hybridized carbons (Fsp3) is 0.357. The van der Waals surface area contributed by atoms with Crippen LogP contribution in [-0.4, -0.2) is 74.1 Å². The first-order valence-electron chi connectivity index (χ1n) is 12.8. The van der Waals surface area contributed by atoms with E-state index in [1.54, 1.807) is 18.5 Å². The molecule has 1 aromatic heterocycles. The van der Waals surface area contributed by atoms with E-state index in [2.05, 4.69) is 20.6 Å². The van der Waals surface area contributed by atoms with Crippen molar-refractivity contribution < 1.29 is 18.0 Å². The summed E-state index contributed by atoms with van der Waals surface area (Å²) >= 11 is 0. The van der Waals surface area contributed by atoms with Crippen molar-refractivity contribution in [3.05, 3.63) is 83.6 Å². The van der Waals surface area contributed by atoms with Crippen molar-refractivity contribution in [3.63, 3.8) is 0 Å². The van der Waals surface area contributed by atoms with Crippen LogP contribution in [0.1, 0.15) is 23.2 Å². The molecule has 39 heavy (non-hydrogen) atoms. The van der Waals surface area contributed by atoms with E-state index in [9.17, 15) is 8.42 Å². The standard InChI is InChI=1S/C28H36N6O4S/c1-33(16-17-39(3,35)36)15-7-14-29-27-18-25-26(19-34(27)37-2)30-21-31-28(25)32-23-10-12-24(13-11-23)38-20-22-8-5-4-6-9-22/h4-6,8-13,18,21,29H,7,14-17,19-20H2,1-3H3,(H,30,31,32). The monoisotopic (exact) mass is 552 g/mol. The van der Waals surface area contributed by atoms with Gasteiger partial charge in [-0.2, -0.15) is 0 Å². The predicted octanol–water partition coefficient (Wildman–Crippen LogP) is 3.43. The van der Waals surface area contributed by atoms with Crippen molar-refractivity contribution in [2.45, 2.75) is 19.6 Å². The lowest BCUT2D eigenvalue weighted by Crippen LogP contribution is -2.35. The second-order valence-corrected chi connectivity index (χ2v) is 11.7. The van der Waals surface area contributed by atoms with Crippen LogP contribution in [0, 0.1) is 0 Å². The maximum absolute atomic E-state index is 11.4. The van der Waals surface area contributed by atoms with Crippen molar-refractivity contribution in [2.75, 3.05) is 51.1 Å². The third-order valence-electron chi connectivity index (χ3n) is 6.26. The summed E-state index contributed by atoms with van der Waals surface area (Å²) in [4.78, 5) is 16.5. The highest BCUT2D eigenvalue weighted by molar-refractivity contribution is 7.90. The molecule has 2 heterocycles. The van der Waals surface area contributed by atoms with E-state index < -0.39 is 9.84 Å². The van der Waals surface area contributed by atoms with E-state index in [1.807, 2.05) is 72.6 Å². The van der Waals surface area contributed by atoms with Crippen LogP contribution in [-0.2, 0) is 27.8 Å². The van der Waals surface area contributed by atoms with E-state index in [0.29, 0.717) is 32.1 Å². The van der Waals surface area contributed by atoms with Gasteiger partial charge >= 0.3 is 0 Å². The third kappa shape index (κ3) is 8.67. The maximum Gasteiger partial charge on any atom is 0.148 e. The first kappa shape index (κ1) is 28.3. The van der Waals surface area contributed by atoms with Crippen molar-refractivity contribution in [3.8, 4) is 5.75 Å². The Morgan fingerprint density at radius 1 is 1.05 bits per heavy atom. The number of hydrogen-bond acceptors (Lipinski definition) is 10. The minimum atomic E-state index is -2.96. The minimum Gasteiger partial charge on any atom is -0.489 e. The van der Waals surface area contributed by atoms with E-state index in [0.717, 1.165) is 47.0 Å². The molecular formula is C28H36N6O4S. The van der Waals surface area contributed by atoms with Gasteiger partial charge in [0.2, 0.25) is 0 Å². The Kier molecular flexibility index (Phi) is 9.74. The molecule has 0 spiro atoms. The van der Waals surface area contributed by atoms with E-state index >= 15 is 0 Å². The van der Waals surface area contributed by atoms with Crippen LogP contribution >= 0.6 is 0 Å². The van der Waals surface area contributed by atoms with Crippen molar-refractivity contribution in [2.24, 2.45) is 0 Å². The Bertz CT molecular complexity index is 1350. The smallest absolute Gasteiger partial charge is 0.148 e. The average Bonchev–Trinajstić information content (AvgIpc) is 2.94. The van der Waals surface area contributed by atoms with Crippen LogP contribution in [0.4, 0.5) is 11.5 Å². The Morgan fingerprint density at radius 2 is 1.82 bits per heavy atom. The Balaban J connectivity index is 1.36. The molecule has 4 rings (SSSR count).